The normalized spacial score (nSPS) is 14.4. The molecule has 1 aromatic carbocycles. The van der Waals surface area contributed by atoms with Crippen LogP contribution in [0.1, 0.15) is 13.3 Å². The van der Waals surface area contributed by atoms with Gasteiger partial charge in [0.15, 0.2) is 0 Å². The quantitative estimate of drug-likeness (QED) is 0.701. The molecule has 1 aliphatic rings. The van der Waals surface area contributed by atoms with E-state index >= 15 is 0 Å². The fourth-order valence-electron chi connectivity index (χ4n) is 2.58. The van der Waals surface area contributed by atoms with Gasteiger partial charge in [0.1, 0.15) is 12.4 Å². The largest absolute Gasteiger partial charge is 0.492 e. The fraction of sp³-hybridized carbons (Fsp3) is 0.588. The number of piperazine rings is 1. The van der Waals surface area contributed by atoms with E-state index in [0.29, 0.717) is 13.0 Å². The van der Waals surface area contributed by atoms with Gasteiger partial charge >= 0.3 is 0 Å². The average molecular weight is 421 g/mol. The molecule has 0 aromatic heterocycles. The minimum absolute atomic E-state index is 0. The Balaban J connectivity index is 0.00000288. The molecule has 0 aliphatic carbocycles. The Hall–Kier alpha value is -0.820. The van der Waals surface area contributed by atoms with Crippen LogP contribution in [0.4, 0.5) is 0 Å². The lowest BCUT2D eigenvalue weighted by Crippen LogP contribution is -2.47. The molecular weight excluding hydrogens is 394 g/mol. The average Bonchev–Trinajstić information content (AvgIpc) is 2.60. The zero-order valence-corrected chi connectivity index (χ0v) is 16.6. The molecule has 1 aromatic rings. The summed E-state index contributed by atoms with van der Waals surface area (Å²) in [4.78, 5) is 16.4. The standard InChI is InChI=1S/C17H26BrN3O2.ClH/c1-2-20(10-7-17(22)21-11-8-19-9-12-21)13-14-23-16-5-3-15(18)4-6-16;/h3-6,19H,2,7-14H2,1H3;1H. The third kappa shape index (κ3) is 7.38. The van der Waals surface area contributed by atoms with Crippen molar-refractivity contribution in [3.63, 3.8) is 0 Å². The molecule has 5 nitrogen and oxygen atoms in total. The van der Waals surface area contributed by atoms with Crippen molar-refractivity contribution < 1.29 is 9.53 Å². The summed E-state index contributed by atoms with van der Waals surface area (Å²) in [6, 6.07) is 7.85. The number of nitrogens with one attached hydrogen (secondary N) is 1. The van der Waals surface area contributed by atoms with Crippen LogP contribution in [0.5, 0.6) is 5.75 Å². The van der Waals surface area contributed by atoms with Gasteiger partial charge < -0.3 is 15.0 Å². The summed E-state index contributed by atoms with van der Waals surface area (Å²) in [5.41, 5.74) is 0. The van der Waals surface area contributed by atoms with Gasteiger partial charge in [-0.2, -0.15) is 0 Å². The first-order valence-electron chi connectivity index (χ1n) is 8.28. The summed E-state index contributed by atoms with van der Waals surface area (Å²) < 4.78 is 6.80. The molecule has 1 N–H and O–H groups in total. The number of carbonyl (C=O) groups excluding carboxylic acids is 1. The highest BCUT2D eigenvalue weighted by Crippen LogP contribution is 2.15. The maximum atomic E-state index is 12.2. The summed E-state index contributed by atoms with van der Waals surface area (Å²) in [6.07, 6.45) is 0.589. The van der Waals surface area contributed by atoms with Crippen LogP contribution >= 0.6 is 28.3 Å². The second-order valence-corrected chi connectivity index (χ2v) is 6.53. The predicted octanol–water partition coefficient (Wildman–Crippen LogP) is 2.39. The van der Waals surface area contributed by atoms with Crippen LogP contribution in [0.15, 0.2) is 28.7 Å². The first-order valence-corrected chi connectivity index (χ1v) is 9.07. The van der Waals surface area contributed by atoms with Gasteiger partial charge in [0, 0.05) is 50.2 Å². The van der Waals surface area contributed by atoms with Gasteiger partial charge in [0.25, 0.3) is 0 Å². The van der Waals surface area contributed by atoms with Crippen LogP contribution in [-0.2, 0) is 4.79 Å². The smallest absolute Gasteiger partial charge is 0.223 e. The number of hydrogen-bond donors (Lipinski definition) is 1. The van der Waals surface area contributed by atoms with Crippen molar-refractivity contribution >= 4 is 34.2 Å². The second-order valence-electron chi connectivity index (χ2n) is 5.62. The SMILES string of the molecule is CCN(CCOc1ccc(Br)cc1)CCC(=O)N1CCNCC1.Cl. The van der Waals surface area contributed by atoms with Crippen LogP contribution in [-0.4, -0.2) is 68.1 Å². The lowest BCUT2D eigenvalue weighted by atomic mass is 10.3. The first-order chi connectivity index (χ1) is 11.2. The Morgan fingerprint density at radius 3 is 2.54 bits per heavy atom. The van der Waals surface area contributed by atoms with Crippen molar-refractivity contribution in [3.05, 3.63) is 28.7 Å². The van der Waals surface area contributed by atoms with E-state index in [4.69, 9.17) is 4.74 Å². The Labute approximate surface area is 159 Å². The van der Waals surface area contributed by atoms with Crippen LogP contribution in [0.2, 0.25) is 0 Å². The highest BCUT2D eigenvalue weighted by Gasteiger charge is 2.16. The van der Waals surface area contributed by atoms with Gasteiger partial charge in [0.05, 0.1) is 0 Å². The van der Waals surface area contributed by atoms with Gasteiger partial charge in [-0.1, -0.05) is 22.9 Å². The fourth-order valence-corrected chi connectivity index (χ4v) is 2.84. The molecule has 1 amide bonds. The van der Waals surface area contributed by atoms with E-state index in [9.17, 15) is 4.79 Å². The number of ether oxygens (including phenoxy) is 1. The van der Waals surface area contributed by atoms with Crippen LogP contribution in [0.3, 0.4) is 0 Å². The van der Waals surface area contributed by atoms with Crippen molar-refractivity contribution in [2.24, 2.45) is 0 Å². The van der Waals surface area contributed by atoms with Gasteiger partial charge in [-0.15, -0.1) is 12.4 Å². The number of hydrogen-bond acceptors (Lipinski definition) is 4. The number of benzene rings is 1. The summed E-state index contributed by atoms with van der Waals surface area (Å²) in [5.74, 6) is 1.14. The lowest BCUT2D eigenvalue weighted by molar-refractivity contribution is -0.132. The van der Waals surface area contributed by atoms with Crippen LogP contribution in [0.25, 0.3) is 0 Å². The number of rotatable bonds is 8. The van der Waals surface area contributed by atoms with Gasteiger partial charge in [-0.25, -0.2) is 0 Å². The van der Waals surface area contributed by atoms with Crippen molar-refractivity contribution in [1.82, 2.24) is 15.1 Å². The molecule has 1 heterocycles. The molecule has 0 atom stereocenters. The van der Waals surface area contributed by atoms with E-state index in [-0.39, 0.29) is 18.3 Å². The van der Waals surface area contributed by atoms with E-state index in [1.807, 2.05) is 29.2 Å². The first kappa shape index (κ1) is 21.2. The molecular formula is C17H27BrClN3O2. The van der Waals surface area contributed by atoms with Crippen molar-refractivity contribution in [3.8, 4) is 5.75 Å². The lowest BCUT2D eigenvalue weighted by Gasteiger charge is -2.28. The summed E-state index contributed by atoms with van der Waals surface area (Å²) in [5, 5.41) is 3.27. The third-order valence-electron chi connectivity index (χ3n) is 4.05. The molecule has 2 rings (SSSR count). The zero-order valence-electron chi connectivity index (χ0n) is 14.2. The van der Waals surface area contributed by atoms with E-state index < -0.39 is 0 Å². The molecule has 7 heteroatoms. The van der Waals surface area contributed by atoms with Crippen molar-refractivity contribution in [1.29, 1.82) is 0 Å². The monoisotopic (exact) mass is 419 g/mol. The van der Waals surface area contributed by atoms with Crippen LogP contribution in [0, 0.1) is 0 Å². The minimum Gasteiger partial charge on any atom is -0.492 e. The van der Waals surface area contributed by atoms with Crippen molar-refractivity contribution in [2.45, 2.75) is 13.3 Å². The predicted molar refractivity (Wildman–Crippen MR) is 103 cm³/mol. The van der Waals surface area contributed by atoms with Gasteiger partial charge in [-0.3, -0.25) is 9.69 Å². The zero-order chi connectivity index (χ0) is 16.5. The molecule has 1 fully saturated rings. The Bertz CT molecular complexity index is 481. The molecule has 0 spiro atoms. The third-order valence-corrected chi connectivity index (χ3v) is 4.58. The second kappa shape index (κ2) is 11.7. The Morgan fingerprint density at radius 1 is 1.25 bits per heavy atom. The Morgan fingerprint density at radius 2 is 1.92 bits per heavy atom. The van der Waals surface area contributed by atoms with Crippen LogP contribution < -0.4 is 10.1 Å². The summed E-state index contributed by atoms with van der Waals surface area (Å²) in [7, 11) is 0. The maximum absolute atomic E-state index is 12.2. The minimum atomic E-state index is 0. The number of carbonyl (C=O) groups is 1. The number of nitrogens with zero attached hydrogens (tertiary/aromatic N) is 2. The molecule has 136 valence electrons. The molecule has 24 heavy (non-hydrogen) atoms. The van der Waals surface area contributed by atoms with E-state index in [2.05, 4.69) is 33.1 Å². The number of halogens is 2. The molecule has 1 aliphatic heterocycles. The van der Waals surface area contributed by atoms with E-state index in [0.717, 1.165) is 56.0 Å². The van der Waals surface area contributed by atoms with Crippen molar-refractivity contribution in [2.75, 3.05) is 52.4 Å². The maximum Gasteiger partial charge on any atom is 0.223 e. The molecule has 0 unspecified atom stereocenters. The topological polar surface area (TPSA) is 44.8 Å². The number of likely N-dealkylation sites (N-methyl/N-ethyl adjacent to an activating group) is 1. The highest BCUT2D eigenvalue weighted by atomic mass is 79.9. The summed E-state index contributed by atoms with van der Waals surface area (Å²) in [6.45, 7) is 8.79. The van der Waals surface area contributed by atoms with E-state index in [1.54, 1.807) is 0 Å². The Kier molecular flexibility index (Phi) is 10.3. The van der Waals surface area contributed by atoms with Gasteiger partial charge in [0.2, 0.25) is 5.91 Å². The molecule has 0 saturated carbocycles. The summed E-state index contributed by atoms with van der Waals surface area (Å²) >= 11 is 3.41. The highest BCUT2D eigenvalue weighted by molar-refractivity contribution is 9.10. The molecule has 1 saturated heterocycles. The molecule has 0 bridgehead atoms. The number of amides is 1. The van der Waals surface area contributed by atoms with Gasteiger partial charge in [-0.05, 0) is 30.8 Å². The molecule has 0 radical (unpaired) electrons. The van der Waals surface area contributed by atoms with E-state index in [1.165, 1.54) is 0 Å².